The van der Waals surface area contributed by atoms with Crippen molar-refractivity contribution in [3.63, 3.8) is 0 Å². The molecule has 4 nitrogen and oxygen atoms in total. The van der Waals surface area contributed by atoms with Gasteiger partial charge in [0.15, 0.2) is 0 Å². The predicted molar refractivity (Wildman–Crippen MR) is 70.4 cm³/mol. The minimum atomic E-state index is -3.23. The van der Waals surface area contributed by atoms with Crippen LogP contribution in [0.4, 0.5) is 11.4 Å². The Labute approximate surface area is 102 Å². The van der Waals surface area contributed by atoms with Crippen LogP contribution in [0.1, 0.15) is 19.8 Å². The van der Waals surface area contributed by atoms with Crippen molar-refractivity contribution in [3.05, 3.63) is 24.3 Å². The number of hydrogen-bond donors (Lipinski definition) is 1. The van der Waals surface area contributed by atoms with Gasteiger partial charge in [0.25, 0.3) is 0 Å². The van der Waals surface area contributed by atoms with Crippen molar-refractivity contribution in [2.24, 2.45) is 5.92 Å². The highest BCUT2D eigenvalue weighted by molar-refractivity contribution is 7.92. The lowest BCUT2D eigenvalue weighted by Gasteiger charge is -2.24. The molecule has 0 saturated heterocycles. The molecule has 0 bridgehead atoms. The van der Waals surface area contributed by atoms with Crippen molar-refractivity contribution in [1.29, 1.82) is 0 Å². The molecule has 1 fully saturated rings. The monoisotopic (exact) mass is 254 g/mol. The SMILES string of the molecule is CCN(c1ccccc1N)S(=O)(=O)CC1CC1. The molecular formula is C12H18N2O2S. The van der Waals surface area contributed by atoms with E-state index in [0.717, 1.165) is 12.8 Å². The fourth-order valence-corrected chi connectivity index (χ4v) is 3.87. The molecule has 1 aliphatic rings. The van der Waals surface area contributed by atoms with Gasteiger partial charge in [-0.2, -0.15) is 0 Å². The molecular weight excluding hydrogens is 236 g/mol. The van der Waals surface area contributed by atoms with Gasteiger partial charge in [-0.3, -0.25) is 4.31 Å². The molecule has 17 heavy (non-hydrogen) atoms. The molecule has 0 heterocycles. The average molecular weight is 254 g/mol. The van der Waals surface area contributed by atoms with Crippen LogP contribution in [0.25, 0.3) is 0 Å². The number of para-hydroxylation sites is 2. The molecule has 0 spiro atoms. The van der Waals surface area contributed by atoms with Crippen molar-refractivity contribution in [2.75, 3.05) is 22.3 Å². The summed E-state index contributed by atoms with van der Waals surface area (Å²) in [7, 11) is -3.23. The van der Waals surface area contributed by atoms with Crippen LogP contribution < -0.4 is 10.0 Å². The first-order valence-electron chi connectivity index (χ1n) is 5.89. The highest BCUT2D eigenvalue weighted by Gasteiger charge is 2.32. The summed E-state index contributed by atoms with van der Waals surface area (Å²) in [6.07, 6.45) is 2.06. The lowest BCUT2D eigenvalue weighted by atomic mass is 10.3. The van der Waals surface area contributed by atoms with Crippen LogP contribution in [0.2, 0.25) is 0 Å². The van der Waals surface area contributed by atoms with E-state index in [1.165, 1.54) is 4.31 Å². The number of rotatable bonds is 5. The Morgan fingerprint density at radius 2 is 2.00 bits per heavy atom. The van der Waals surface area contributed by atoms with Crippen molar-refractivity contribution in [2.45, 2.75) is 19.8 Å². The largest absolute Gasteiger partial charge is 0.397 e. The smallest absolute Gasteiger partial charge is 0.235 e. The number of nitrogens with zero attached hydrogens (tertiary/aromatic N) is 1. The van der Waals surface area contributed by atoms with Crippen molar-refractivity contribution < 1.29 is 8.42 Å². The van der Waals surface area contributed by atoms with E-state index in [1.54, 1.807) is 24.3 Å². The van der Waals surface area contributed by atoms with Gasteiger partial charge in [0, 0.05) is 6.54 Å². The van der Waals surface area contributed by atoms with E-state index in [0.29, 0.717) is 23.8 Å². The molecule has 0 unspecified atom stereocenters. The maximum atomic E-state index is 12.2. The minimum Gasteiger partial charge on any atom is -0.397 e. The molecule has 1 aromatic rings. The van der Waals surface area contributed by atoms with Crippen LogP contribution in [0.15, 0.2) is 24.3 Å². The molecule has 1 saturated carbocycles. The Hall–Kier alpha value is -1.23. The summed E-state index contributed by atoms with van der Waals surface area (Å²) in [6.45, 7) is 2.25. The Morgan fingerprint density at radius 3 is 2.53 bits per heavy atom. The standard InChI is InChI=1S/C12H18N2O2S/c1-2-14(12-6-4-3-5-11(12)13)17(15,16)9-10-7-8-10/h3-6,10H,2,7-9,13H2,1H3. The van der Waals surface area contributed by atoms with Gasteiger partial charge in [-0.25, -0.2) is 8.42 Å². The zero-order valence-corrected chi connectivity index (χ0v) is 10.8. The third-order valence-corrected chi connectivity index (χ3v) is 4.99. The number of nitrogens with two attached hydrogens (primary N) is 1. The number of sulfonamides is 1. The fraction of sp³-hybridized carbons (Fsp3) is 0.500. The first-order chi connectivity index (χ1) is 8.04. The van der Waals surface area contributed by atoms with Crippen LogP contribution in [0.5, 0.6) is 0 Å². The van der Waals surface area contributed by atoms with Crippen LogP contribution in [-0.2, 0) is 10.0 Å². The lowest BCUT2D eigenvalue weighted by Crippen LogP contribution is -2.34. The van der Waals surface area contributed by atoms with E-state index in [-0.39, 0.29) is 5.75 Å². The summed E-state index contributed by atoms with van der Waals surface area (Å²) in [4.78, 5) is 0. The zero-order chi connectivity index (χ0) is 12.5. The molecule has 1 aromatic carbocycles. The summed E-state index contributed by atoms with van der Waals surface area (Å²) in [5, 5.41) is 0. The summed E-state index contributed by atoms with van der Waals surface area (Å²) in [6, 6.07) is 7.09. The topological polar surface area (TPSA) is 63.4 Å². The molecule has 2 rings (SSSR count). The predicted octanol–water partition coefficient (Wildman–Crippen LogP) is 1.83. The quantitative estimate of drug-likeness (QED) is 0.815. The minimum absolute atomic E-state index is 0.245. The average Bonchev–Trinajstić information content (AvgIpc) is 3.04. The molecule has 0 atom stereocenters. The van der Waals surface area contributed by atoms with Crippen LogP contribution in [0, 0.1) is 5.92 Å². The van der Waals surface area contributed by atoms with Crippen LogP contribution >= 0.6 is 0 Å². The molecule has 5 heteroatoms. The number of benzene rings is 1. The van der Waals surface area contributed by atoms with Crippen molar-refractivity contribution >= 4 is 21.4 Å². The Kier molecular flexibility index (Phi) is 3.28. The highest BCUT2D eigenvalue weighted by atomic mass is 32.2. The van der Waals surface area contributed by atoms with E-state index in [1.807, 2.05) is 6.92 Å². The Morgan fingerprint density at radius 1 is 1.35 bits per heavy atom. The third-order valence-electron chi connectivity index (χ3n) is 2.97. The van der Waals surface area contributed by atoms with Gasteiger partial charge < -0.3 is 5.73 Å². The first kappa shape index (κ1) is 12.2. The maximum absolute atomic E-state index is 12.2. The van der Waals surface area contributed by atoms with Gasteiger partial charge >= 0.3 is 0 Å². The van der Waals surface area contributed by atoms with E-state index < -0.39 is 10.0 Å². The molecule has 0 aromatic heterocycles. The van der Waals surface area contributed by atoms with E-state index in [4.69, 9.17) is 5.73 Å². The second-order valence-electron chi connectivity index (χ2n) is 4.45. The number of nitrogen functional groups attached to an aromatic ring is 1. The fourth-order valence-electron chi connectivity index (χ4n) is 1.90. The van der Waals surface area contributed by atoms with Gasteiger partial charge in [0.2, 0.25) is 10.0 Å². The Balaban J connectivity index is 2.29. The van der Waals surface area contributed by atoms with Gasteiger partial charge in [-0.1, -0.05) is 12.1 Å². The molecule has 0 radical (unpaired) electrons. The highest BCUT2D eigenvalue weighted by Crippen LogP contribution is 2.33. The first-order valence-corrected chi connectivity index (χ1v) is 7.50. The maximum Gasteiger partial charge on any atom is 0.235 e. The molecule has 94 valence electrons. The molecule has 1 aliphatic carbocycles. The van der Waals surface area contributed by atoms with Gasteiger partial charge in [-0.15, -0.1) is 0 Å². The van der Waals surface area contributed by atoms with Gasteiger partial charge in [-0.05, 0) is 37.8 Å². The summed E-state index contributed by atoms with van der Waals surface area (Å²) >= 11 is 0. The number of hydrogen-bond acceptors (Lipinski definition) is 3. The summed E-state index contributed by atoms with van der Waals surface area (Å²) in [5.41, 5.74) is 6.94. The van der Waals surface area contributed by atoms with Crippen molar-refractivity contribution in [1.82, 2.24) is 0 Å². The number of anilines is 2. The van der Waals surface area contributed by atoms with Crippen molar-refractivity contribution in [3.8, 4) is 0 Å². The van der Waals surface area contributed by atoms with E-state index >= 15 is 0 Å². The van der Waals surface area contributed by atoms with Gasteiger partial charge in [0.1, 0.15) is 0 Å². The van der Waals surface area contributed by atoms with Crippen LogP contribution in [-0.4, -0.2) is 20.7 Å². The second-order valence-corrected chi connectivity index (χ2v) is 6.38. The second kappa shape index (κ2) is 4.56. The molecule has 2 N–H and O–H groups in total. The zero-order valence-electron chi connectivity index (χ0n) is 9.96. The normalized spacial score (nSPS) is 15.8. The summed E-state index contributed by atoms with van der Waals surface area (Å²) < 4.78 is 25.9. The van der Waals surface area contributed by atoms with E-state index in [2.05, 4.69) is 0 Å². The van der Waals surface area contributed by atoms with Crippen LogP contribution in [0.3, 0.4) is 0 Å². The van der Waals surface area contributed by atoms with E-state index in [9.17, 15) is 8.42 Å². The Bertz CT molecular complexity index is 495. The lowest BCUT2D eigenvalue weighted by molar-refractivity contribution is 0.588. The molecule has 0 amide bonds. The summed E-state index contributed by atoms with van der Waals surface area (Å²) in [5.74, 6) is 0.591. The molecule has 0 aliphatic heterocycles. The van der Waals surface area contributed by atoms with Gasteiger partial charge in [0.05, 0.1) is 17.1 Å². The third kappa shape index (κ3) is 2.72.